The van der Waals surface area contributed by atoms with Gasteiger partial charge in [-0.1, -0.05) is 24.6 Å². The van der Waals surface area contributed by atoms with E-state index in [9.17, 15) is 26.4 Å². The fraction of sp³-hybridized carbons (Fsp3) is 0.278. The van der Waals surface area contributed by atoms with Gasteiger partial charge in [0.15, 0.2) is 17.5 Å². The van der Waals surface area contributed by atoms with Crippen molar-refractivity contribution in [2.45, 2.75) is 25.2 Å². The molecule has 0 aliphatic rings. The quantitative estimate of drug-likeness (QED) is 0.667. The predicted octanol–water partition coefficient (Wildman–Crippen LogP) is 4.11. The minimum atomic E-state index is -4.11. The summed E-state index contributed by atoms with van der Waals surface area (Å²) in [4.78, 5) is 12.1. The highest BCUT2D eigenvalue weighted by molar-refractivity contribution is 7.89. The van der Waals surface area contributed by atoms with Gasteiger partial charge in [-0.15, -0.1) is 0 Å². The van der Waals surface area contributed by atoms with Crippen molar-refractivity contribution in [3.8, 4) is 0 Å². The van der Waals surface area contributed by atoms with E-state index in [1.807, 2.05) is 0 Å². The van der Waals surface area contributed by atoms with Crippen molar-refractivity contribution in [1.82, 2.24) is 4.31 Å². The highest BCUT2D eigenvalue weighted by atomic mass is 35.5. The first-order chi connectivity index (χ1) is 13.1. The molecule has 152 valence electrons. The molecule has 28 heavy (non-hydrogen) atoms. The SMILES string of the molecule is CCCN(CC(=O)Nc1ccc(F)c(F)c1F)S(=O)(=O)c1ccc(C)cc1Cl. The van der Waals surface area contributed by atoms with Crippen LogP contribution in [0.5, 0.6) is 0 Å². The summed E-state index contributed by atoms with van der Waals surface area (Å²) in [7, 11) is -4.11. The molecule has 2 rings (SSSR count). The Bertz CT molecular complexity index is 1000. The fourth-order valence-corrected chi connectivity index (χ4v) is 4.52. The number of anilines is 1. The van der Waals surface area contributed by atoms with Crippen LogP contribution < -0.4 is 5.32 Å². The smallest absolute Gasteiger partial charge is 0.245 e. The number of rotatable bonds is 7. The number of nitrogens with zero attached hydrogens (tertiary/aromatic N) is 1. The average molecular weight is 435 g/mol. The van der Waals surface area contributed by atoms with Crippen LogP contribution >= 0.6 is 11.6 Å². The molecule has 2 aromatic carbocycles. The molecule has 0 heterocycles. The van der Waals surface area contributed by atoms with E-state index in [0.29, 0.717) is 12.5 Å². The van der Waals surface area contributed by atoms with E-state index in [1.165, 1.54) is 12.1 Å². The van der Waals surface area contributed by atoms with Gasteiger partial charge < -0.3 is 5.32 Å². The number of carbonyl (C=O) groups excluding carboxylic acids is 1. The predicted molar refractivity (Wildman–Crippen MR) is 100 cm³/mol. The van der Waals surface area contributed by atoms with Gasteiger partial charge >= 0.3 is 0 Å². The van der Waals surface area contributed by atoms with Crippen LogP contribution in [0, 0.1) is 24.4 Å². The summed E-state index contributed by atoms with van der Waals surface area (Å²) < 4.78 is 66.7. The fourth-order valence-electron chi connectivity index (χ4n) is 2.46. The number of hydrogen-bond acceptors (Lipinski definition) is 3. The molecule has 0 bridgehead atoms. The zero-order valence-electron chi connectivity index (χ0n) is 15.1. The topological polar surface area (TPSA) is 66.5 Å². The van der Waals surface area contributed by atoms with Gasteiger partial charge in [-0.05, 0) is 43.2 Å². The molecule has 0 radical (unpaired) electrons. The first-order valence-corrected chi connectivity index (χ1v) is 10.1. The Morgan fingerprint density at radius 1 is 1.14 bits per heavy atom. The monoisotopic (exact) mass is 434 g/mol. The zero-order chi connectivity index (χ0) is 21.1. The van der Waals surface area contributed by atoms with Crippen molar-refractivity contribution in [3.05, 3.63) is 58.4 Å². The molecule has 2 aromatic rings. The Morgan fingerprint density at radius 3 is 2.43 bits per heavy atom. The van der Waals surface area contributed by atoms with Crippen LogP contribution in [0.1, 0.15) is 18.9 Å². The second-order valence-electron chi connectivity index (χ2n) is 6.04. The number of carbonyl (C=O) groups is 1. The molecule has 0 aliphatic carbocycles. The summed E-state index contributed by atoms with van der Waals surface area (Å²) in [5.41, 5.74) is 0.170. The molecule has 1 amide bonds. The van der Waals surface area contributed by atoms with Crippen LogP contribution in [-0.2, 0) is 14.8 Å². The van der Waals surface area contributed by atoms with E-state index in [-0.39, 0.29) is 16.5 Å². The highest BCUT2D eigenvalue weighted by Crippen LogP contribution is 2.26. The maximum absolute atomic E-state index is 13.7. The van der Waals surface area contributed by atoms with E-state index >= 15 is 0 Å². The van der Waals surface area contributed by atoms with Crippen LogP contribution in [-0.4, -0.2) is 31.7 Å². The first-order valence-electron chi connectivity index (χ1n) is 8.27. The van der Waals surface area contributed by atoms with Gasteiger partial charge in [0, 0.05) is 6.54 Å². The van der Waals surface area contributed by atoms with E-state index in [2.05, 4.69) is 5.32 Å². The molecule has 10 heteroatoms. The second kappa shape index (κ2) is 8.93. The first kappa shape index (κ1) is 22.2. The van der Waals surface area contributed by atoms with E-state index in [0.717, 1.165) is 15.9 Å². The number of hydrogen-bond donors (Lipinski definition) is 1. The molecule has 0 fully saturated rings. The number of amides is 1. The van der Waals surface area contributed by atoms with Crippen molar-refractivity contribution in [2.75, 3.05) is 18.4 Å². The number of aryl methyl sites for hydroxylation is 1. The van der Waals surface area contributed by atoms with Gasteiger partial charge in [0.25, 0.3) is 0 Å². The number of sulfonamides is 1. The Morgan fingerprint density at radius 2 is 1.82 bits per heavy atom. The van der Waals surface area contributed by atoms with Crippen molar-refractivity contribution in [1.29, 1.82) is 0 Å². The lowest BCUT2D eigenvalue weighted by atomic mass is 10.2. The Kier molecular flexibility index (Phi) is 7.08. The van der Waals surface area contributed by atoms with Crippen molar-refractivity contribution >= 4 is 33.2 Å². The maximum Gasteiger partial charge on any atom is 0.245 e. The minimum absolute atomic E-state index is 0.000218. The Balaban J connectivity index is 2.27. The normalized spacial score (nSPS) is 11.7. The number of nitrogens with one attached hydrogen (secondary N) is 1. The molecule has 0 saturated heterocycles. The summed E-state index contributed by atoms with van der Waals surface area (Å²) >= 11 is 6.04. The van der Waals surface area contributed by atoms with E-state index < -0.39 is 45.6 Å². The third-order valence-electron chi connectivity index (χ3n) is 3.81. The maximum atomic E-state index is 13.7. The van der Waals surface area contributed by atoms with Gasteiger partial charge in [0.2, 0.25) is 15.9 Å². The van der Waals surface area contributed by atoms with Crippen LogP contribution in [0.15, 0.2) is 35.2 Å². The Labute approximate surface area is 166 Å². The summed E-state index contributed by atoms with van der Waals surface area (Å²) in [5.74, 6) is -5.62. The number of halogens is 4. The lowest BCUT2D eigenvalue weighted by molar-refractivity contribution is -0.116. The van der Waals surface area contributed by atoms with Gasteiger partial charge in [-0.3, -0.25) is 4.79 Å². The summed E-state index contributed by atoms with van der Waals surface area (Å²) in [6.45, 7) is 2.81. The van der Waals surface area contributed by atoms with Crippen LogP contribution in [0.2, 0.25) is 5.02 Å². The van der Waals surface area contributed by atoms with E-state index in [1.54, 1.807) is 19.9 Å². The van der Waals surface area contributed by atoms with Crippen molar-refractivity contribution in [2.24, 2.45) is 0 Å². The van der Waals surface area contributed by atoms with Crippen LogP contribution in [0.4, 0.5) is 18.9 Å². The van der Waals surface area contributed by atoms with E-state index in [4.69, 9.17) is 11.6 Å². The van der Waals surface area contributed by atoms with Gasteiger partial charge in [-0.25, -0.2) is 21.6 Å². The molecular formula is C18H18ClF3N2O3S. The Hall–Kier alpha value is -2.10. The van der Waals surface area contributed by atoms with Crippen molar-refractivity contribution in [3.63, 3.8) is 0 Å². The molecule has 0 spiro atoms. The largest absolute Gasteiger partial charge is 0.322 e. The second-order valence-corrected chi connectivity index (χ2v) is 8.36. The molecule has 1 N–H and O–H groups in total. The molecule has 0 saturated carbocycles. The number of benzene rings is 2. The van der Waals surface area contributed by atoms with Gasteiger partial charge in [-0.2, -0.15) is 4.31 Å². The molecule has 5 nitrogen and oxygen atoms in total. The third kappa shape index (κ3) is 4.84. The lowest BCUT2D eigenvalue weighted by Crippen LogP contribution is -2.38. The standard InChI is InChI=1S/C18H18ClF3N2O3S/c1-3-8-24(28(26,27)15-7-4-11(2)9-12(15)19)10-16(25)23-14-6-5-13(20)17(21)18(14)22/h4-7,9H,3,8,10H2,1-2H3,(H,23,25). The minimum Gasteiger partial charge on any atom is -0.322 e. The molecule has 0 unspecified atom stereocenters. The van der Waals surface area contributed by atoms with Gasteiger partial charge in [0.05, 0.1) is 17.3 Å². The summed E-state index contributed by atoms with van der Waals surface area (Å²) in [6.07, 6.45) is 0.398. The zero-order valence-corrected chi connectivity index (χ0v) is 16.7. The molecule has 0 aliphatic heterocycles. The summed E-state index contributed by atoms with van der Waals surface area (Å²) in [6, 6.07) is 5.89. The molecular weight excluding hydrogens is 417 g/mol. The average Bonchev–Trinajstić information content (AvgIpc) is 2.61. The third-order valence-corrected chi connectivity index (χ3v) is 6.14. The van der Waals surface area contributed by atoms with Crippen LogP contribution in [0.3, 0.4) is 0 Å². The van der Waals surface area contributed by atoms with Crippen molar-refractivity contribution < 1.29 is 26.4 Å². The van der Waals surface area contributed by atoms with Gasteiger partial charge in [0.1, 0.15) is 4.90 Å². The highest BCUT2D eigenvalue weighted by Gasteiger charge is 2.28. The summed E-state index contributed by atoms with van der Waals surface area (Å²) in [5, 5.41) is 2.06. The van der Waals surface area contributed by atoms with Crippen LogP contribution in [0.25, 0.3) is 0 Å². The lowest BCUT2D eigenvalue weighted by Gasteiger charge is -2.22. The molecule has 0 atom stereocenters. The molecule has 0 aromatic heterocycles.